The lowest BCUT2D eigenvalue weighted by molar-refractivity contribution is 0.723. The van der Waals surface area contributed by atoms with E-state index in [4.69, 9.17) is 4.98 Å². The van der Waals surface area contributed by atoms with E-state index in [1.54, 1.807) is 11.3 Å². The number of rotatable bonds is 2. The fraction of sp³-hybridized carbons (Fsp3) is 0.250. The molecule has 0 radical (unpaired) electrons. The summed E-state index contributed by atoms with van der Waals surface area (Å²) in [6, 6.07) is 17.6. The van der Waals surface area contributed by atoms with Crippen LogP contribution in [0.25, 0.3) is 26.4 Å². The van der Waals surface area contributed by atoms with Gasteiger partial charge in [-0.15, -0.1) is 17.0 Å². The van der Waals surface area contributed by atoms with Crippen LogP contribution >= 0.6 is 28.3 Å². The monoisotopic (exact) mass is 398 g/mol. The minimum absolute atomic E-state index is 0. The molecule has 122 valence electrons. The van der Waals surface area contributed by atoms with Gasteiger partial charge in [0.25, 0.3) is 0 Å². The van der Waals surface area contributed by atoms with Crippen molar-refractivity contribution in [3.05, 3.63) is 60.3 Å². The molecular formula is C20H19BrN2S. The average Bonchev–Trinajstić information content (AvgIpc) is 3.31. The topological polar surface area (TPSA) is 17.3 Å². The number of hydrogen-bond acceptors (Lipinski definition) is 2. The van der Waals surface area contributed by atoms with Gasteiger partial charge in [0.1, 0.15) is 0 Å². The van der Waals surface area contributed by atoms with Crippen molar-refractivity contribution >= 4 is 43.5 Å². The van der Waals surface area contributed by atoms with E-state index in [-0.39, 0.29) is 17.0 Å². The molecular weight excluding hydrogens is 380 g/mol. The highest BCUT2D eigenvalue weighted by Crippen LogP contribution is 2.35. The molecule has 0 amide bonds. The summed E-state index contributed by atoms with van der Waals surface area (Å²) in [5.41, 5.74) is 5.03. The van der Waals surface area contributed by atoms with E-state index in [1.807, 2.05) is 0 Å². The molecule has 4 aromatic rings. The Morgan fingerprint density at radius 3 is 2.50 bits per heavy atom. The molecule has 0 atom stereocenters. The molecule has 2 nitrogen and oxygen atoms in total. The van der Waals surface area contributed by atoms with Crippen LogP contribution in [0.1, 0.15) is 37.2 Å². The highest BCUT2D eigenvalue weighted by atomic mass is 79.9. The maximum atomic E-state index is 4.83. The Kier molecular flexibility index (Phi) is 4.19. The standard InChI is InChI=1S/C20H18N2S.BrH/c1-2-6-14(5-1)15-9-11-16(12-10-15)17-13-22-18-7-3-4-8-19(18)23-20(22)21-17;/h3-4,7-14H,1-2,5-6H2;1H. The van der Waals surface area contributed by atoms with E-state index in [2.05, 4.69) is 59.1 Å². The molecule has 24 heavy (non-hydrogen) atoms. The lowest BCUT2D eigenvalue weighted by Crippen LogP contribution is -1.91. The molecule has 4 heteroatoms. The van der Waals surface area contributed by atoms with E-state index < -0.39 is 0 Å². The summed E-state index contributed by atoms with van der Waals surface area (Å²) in [6.45, 7) is 0. The molecule has 1 fully saturated rings. The van der Waals surface area contributed by atoms with Crippen LogP contribution in [-0.2, 0) is 0 Å². The maximum Gasteiger partial charge on any atom is 0.195 e. The van der Waals surface area contributed by atoms with Gasteiger partial charge in [0.15, 0.2) is 4.96 Å². The average molecular weight is 399 g/mol. The van der Waals surface area contributed by atoms with Crippen LogP contribution in [0.15, 0.2) is 54.7 Å². The molecule has 0 unspecified atom stereocenters. The smallest absolute Gasteiger partial charge is 0.195 e. The minimum Gasteiger partial charge on any atom is -0.290 e. The number of hydrogen-bond donors (Lipinski definition) is 0. The van der Waals surface area contributed by atoms with Crippen LogP contribution in [0.4, 0.5) is 0 Å². The number of imidazole rings is 1. The first-order valence-corrected chi connectivity index (χ1v) is 9.17. The molecule has 5 rings (SSSR count). The van der Waals surface area contributed by atoms with Gasteiger partial charge in [-0.25, -0.2) is 4.98 Å². The lowest BCUT2D eigenvalue weighted by atomic mass is 9.96. The van der Waals surface area contributed by atoms with E-state index in [1.165, 1.54) is 47.0 Å². The summed E-state index contributed by atoms with van der Waals surface area (Å²) < 4.78 is 3.50. The van der Waals surface area contributed by atoms with Crippen molar-refractivity contribution in [3.63, 3.8) is 0 Å². The van der Waals surface area contributed by atoms with Crippen molar-refractivity contribution < 1.29 is 0 Å². The third-order valence-corrected chi connectivity index (χ3v) is 6.07. The molecule has 1 aliphatic rings. The Morgan fingerprint density at radius 1 is 0.958 bits per heavy atom. The van der Waals surface area contributed by atoms with Gasteiger partial charge in [-0.1, -0.05) is 60.6 Å². The third-order valence-electron chi connectivity index (χ3n) is 5.03. The van der Waals surface area contributed by atoms with Gasteiger partial charge < -0.3 is 0 Å². The fourth-order valence-corrected chi connectivity index (χ4v) is 4.78. The highest BCUT2D eigenvalue weighted by molar-refractivity contribution is 8.93. The van der Waals surface area contributed by atoms with Gasteiger partial charge in [-0.05, 0) is 36.5 Å². The van der Waals surface area contributed by atoms with Gasteiger partial charge in [-0.3, -0.25) is 4.40 Å². The zero-order chi connectivity index (χ0) is 15.2. The maximum absolute atomic E-state index is 4.83. The predicted molar refractivity (Wildman–Crippen MR) is 108 cm³/mol. The number of thiazole rings is 1. The van der Waals surface area contributed by atoms with Crippen LogP contribution in [0.2, 0.25) is 0 Å². The van der Waals surface area contributed by atoms with E-state index in [0.717, 1.165) is 16.6 Å². The predicted octanol–water partition coefficient (Wildman–Crippen LogP) is 6.45. The van der Waals surface area contributed by atoms with Crippen LogP contribution in [-0.4, -0.2) is 9.38 Å². The van der Waals surface area contributed by atoms with Crippen LogP contribution in [0, 0.1) is 0 Å². The molecule has 1 saturated carbocycles. The SMILES string of the molecule is Br.c1ccc2c(c1)sc1nc(-c3ccc(C4CCCC4)cc3)cn12. The van der Waals surface area contributed by atoms with Crippen LogP contribution < -0.4 is 0 Å². The van der Waals surface area contributed by atoms with Gasteiger partial charge in [0, 0.05) is 11.8 Å². The van der Waals surface area contributed by atoms with Crippen molar-refractivity contribution in [2.24, 2.45) is 0 Å². The molecule has 2 aromatic carbocycles. The summed E-state index contributed by atoms with van der Waals surface area (Å²) in [4.78, 5) is 5.90. The van der Waals surface area contributed by atoms with Crippen molar-refractivity contribution in [2.45, 2.75) is 31.6 Å². The van der Waals surface area contributed by atoms with Gasteiger partial charge in [-0.2, -0.15) is 0 Å². The van der Waals surface area contributed by atoms with E-state index in [0.29, 0.717) is 0 Å². The van der Waals surface area contributed by atoms with Crippen molar-refractivity contribution in [1.29, 1.82) is 0 Å². The molecule has 2 heterocycles. The molecule has 1 aliphatic carbocycles. The Labute approximate surface area is 155 Å². The summed E-state index contributed by atoms with van der Waals surface area (Å²) >= 11 is 1.75. The van der Waals surface area contributed by atoms with Gasteiger partial charge in [0.05, 0.1) is 15.9 Å². The van der Waals surface area contributed by atoms with E-state index >= 15 is 0 Å². The van der Waals surface area contributed by atoms with Crippen LogP contribution in [0.5, 0.6) is 0 Å². The Morgan fingerprint density at radius 2 is 1.71 bits per heavy atom. The van der Waals surface area contributed by atoms with Crippen molar-refractivity contribution in [1.82, 2.24) is 9.38 Å². The first kappa shape index (κ1) is 15.9. The number of benzene rings is 2. The van der Waals surface area contributed by atoms with Crippen molar-refractivity contribution in [3.8, 4) is 11.3 Å². The normalized spacial score (nSPS) is 15.2. The number of halogens is 1. The number of aromatic nitrogens is 2. The quantitative estimate of drug-likeness (QED) is 0.379. The van der Waals surface area contributed by atoms with Crippen molar-refractivity contribution in [2.75, 3.05) is 0 Å². The fourth-order valence-electron chi connectivity index (χ4n) is 3.77. The molecule has 2 aromatic heterocycles. The number of nitrogens with zero attached hydrogens (tertiary/aromatic N) is 2. The second-order valence-electron chi connectivity index (χ2n) is 6.45. The van der Waals surface area contributed by atoms with E-state index in [9.17, 15) is 0 Å². The largest absolute Gasteiger partial charge is 0.290 e. The lowest BCUT2D eigenvalue weighted by Gasteiger charge is -2.09. The summed E-state index contributed by atoms with van der Waals surface area (Å²) in [7, 11) is 0. The molecule has 0 saturated heterocycles. The highest BCUT2D eigenvalue weighted by Gasteiger charge is 2.17. The van der Waals surface area contributed by atoms with Gasteiger partial charge in [0.2, 0.25) is 0 Å². The third kappa shape index (κ3) is 2.58. The Bertz CT molecular complexity index is 978. The van der Waals surface area contributed by atoms with Gasteiger partial charge >= 0.3 is 0 Å². The molecule has 0 aliphatic heterocycles. The molecule has 0 spiro atoms. The first-order valence-electron chi connectivity index (χ1n) is 8.35. The minimum atomic E-state index is 0. The molecule has 0 N–H and O–H groups in total. The van der Waals surface area contributed by atoms with Crippen LogP contribution in [0.3, 0.4) is 0 Å². The summed E-state index contributed by atoms with van der Waals surface area (Å²) in [5.74, 6) is 0.776. The zero-order valence-corrected chi connectivity index (χ0v) is 15.8. The summed E-state index contributed by atoms with van der Waals surface area (Å²) in [6.07, 6.45) is 7.64. The number of para-hydroxylation sites is 1. The Hall–Kier alpha value is -1.65. The first-order chi connectivity index (χ1) is 11.4. The molecule has 0 bridgehead atoms. The second-order valence-corrected chi connectivity index (χ2v) is 7.46. The zero-order valence-electron chi connectivity index (χ0n) is 13.3. The Balaban J connectivity index is 0.00000146. The second kappa shape index (κ2) is 6.34. The number of fused-ring (bicyclic) bond motifs is 3. The summed E-state index contributed by atoms with van der Waals surface area (Å²) in [5, 5.41) is 0.